The van der Waals surface area contributed by atoms with Crippen LogP contribution >= 0.6 is 0 Å². The van der Waals surface area contributed by atoms with Crippen molar-refractivity contribution in [3.8, 4) is 5.75 Å². The molecule has 0 spiro atoms. The molecule has 0 heterocycles. The quantitative estimate of drug-likeness (QED) is 0.702. The van der Waals surface area contributed by atoms with E-state index in [4.69, 9.17) is 4.74 Å². The monoisotopic (exact) mass is 236 g/mol. The number of likely N-dealkylation sites (N-methyl/N-ethyl adjacent to an activating group) is 1. The van der Waals surface area contributed by atoms with Crippen LogP contribution < -0.4 is 15.4 Å². The molecule has 0 aliphatic rings. The molecule has 0 aromatic heterocycles. The Morgan fingerprint density at radius 3 is 2.59 bits per heavy atom. The zero-order valence-corrected chi connectivity index (χ0v) is 10.5. The van der Waals surface area contributed by atoms with Gasteiger partial charge in [0.2, 0.25) is 0 Å². The maximum Gasteiger partial charge on any atom is 0.257 e. The first kappa shape index (κ1) is 13.5. The van der Waals surface area contributed by atoms with E-state index in [1.807, 2.05) is 24.3 Å². The molecule has 0 radical (unpaired) electrons. The second-order valence-corrected chi connectivity index (χ2v) is 3.78. The van der Waals surface area contributed by atoms with Crippen molar-refractivity contribution in [1.29, 1.82) is 0 Å². The normalized spacial score (nSPS) is 10.0. The lowest BCUT2D eigenvalue weighted by molar-refractivity contribution is -0.122. The fourth-order valence-electron chi connectivity index (χ4n) is 1.33. The molecule has 0 unspecified atom stereocenters. The average molecular weight is 236 g/mol. The van der Waals surface area contributed by atoms with Crippen molar-refractivity contribution < 1.29 is 9.53 Å². The maximum absolute atomic E-state index is 11.0. The Balaban J connectivity index is 2.36. The molecular formula is C13H20N2O2. The van der Waals surface area contributed by atoms with Gasteiger partial charge in [0.05, 0.1) is 0 Å². The van der Waals surface area contributed by atoms with E-state index in [0.717, 1.165) is 19.5 Å². The van der Waals surface area contributed by atoms with Gasteiger partial charge in [-0.05, 0) is 30.7 Å². The minimum atomic E-state index is -0.126. The van der Waals surface area contributed by atoms with Crippen LogP contribution in [0, 0.1) is 0 Å². The average Bonchev–Trinajstić information content (AvgIpc) is 2.37. The van der Waals surface area contributed by atoms with Crippen molar-refractivity contribution >= 4 is 5.91 Å². The first-order valence-corrected chi connectivity index (χ1v) is 5.89. The first-order chi connectivity index (χ1) is 8.26. The SMILES string of the molecule is CCCNCc1ccc(OCC(=O)NC)cc1. The maximum atomic E-state index is 11.0. The summed E-state index contributed by atoms with van der Waals surface area (Å²) >= 11 is 0. The molecule has 4 nitrogen and oxygen atoms in total. The van der Waals surface area contributed by atoms with Crippen molar-refractivity contribution in [1.82, 2.24) is 10.6 Å². The highest BCUT2D eigenvalue weighted by molar-refractivity contribution is 5.77. The van der Waals surface area contributed by atoms with Gasteiger partial charge in [0, 0.05) is 13.6 Å². The van der Waals surface area contributed by atoms with Crippen LogP contribution in [0.3, 0.4) is 0 Å². The predicted octanol–water partition coefficient (Wildman–Crippen LogP) is 1.31. The van der Waals surface area contributed by atoms with Crippen molar-refractivity contribution in [2.75, 3.05) is 20.2 Å². The summed E-state index contributed by atoms with van der Waals surface area (Å²) in [6.07, 6.45) is 1.13. The van der Waals surface area contributed by atoms with E-state index < -0.39 is 0 Å². The van der Waals surface area contributed by atoms with Crippen LogP contribution in [0.15, 0.2) is 24.3 Å². The van der Waals surface area contributed by atoms with Crippen molar-refractivity contribution in [2.45, 2.75) is 19.9 Å². The van der Waals surface area contributed by atoms with Gasteiger partial charge >= 0.3 is 0 Å². The van der Waals surface area contributed by atoms with E-state index in [2.05, 4.69) is 17.6 Å². The molecule has 1 aromatic carbocycles. The van der Waals surface area contributed by atoms with Gasteiger partial charge < -0.3 is 15.4 Å². The first-order valence-electron chi connectivity index (χ1n) is 5.89. The molecule has 0 atom stereocenters. The summed E-state index contributed by atoms with van der Waals surface area (Å²) in [6.45, 7) is 4.09. The number of carbonyl (C=O) groups excluding carboxylic acids is 1. The Morgan fingerprint density at radius 1 is 1.29 bits per heavy atom. The van der Waals surface area contributed by atoms with E-state index in [-0.39, 0.29) is 12.5 Å². The van der Waals surface area contributed by atoms with E-state index in [1.165, 1.54) is 5.56 Å². The smallest absolute Gasteiger partial charge is 0.257 e. The number of benzene rings is 1. The minimum absolute atomic E-state index is 0.0595. The van der Waals surface area contributed by atoms with Gasteiger partial charge in [0.25, 0.3) is 5.91 Å². The lowest BCUT2D eigenvalue weighted by Gasteiger charge is -2.07. The molecule has 0 aliphatic carbocycles. The van der Waals surface area contributed by atoms with Crippen molar-refractivity contribution in [2.24, 2.45) is 0 Å². The lowest BCUT2D eigenvalue weighted by Crippen LogP contribution is -2.24. The molecule has 0 aliphatic heterocycles. The van der Waals surface area contributed by atoms with Crippen LogP contribution in [-0.4, -0.2) is 26.1 Å². The summed E-state index contributed by atoms with van der Waals surface area (Å²) in [4.78, 5) is 11.0. The van der Waals surface area contributed by atoms with Crippen LogP contribution in [0.25, 0.3) is 0 Å². The van der Waals surface area contributed by atoms with Gasteiger partial charge in [0.15, 0.2) is 6.61 Å². The Bertz CT molecular complexity index is 336. The van der Waals surface area contributed by atoms with Crippen LogP contribution in [0.1, 0.15) is 18.9 Å². The molecule has 94 valence electrons. The Kier molecular flexibility index (Phi) is 6.10. The number of nitrogens with one attached hydrogen (secondary N) is 2. The fraction of sp³-hybridized carbons (Fsp3) is 0.462. The van der Waals surface area contributed by atoms with Crippen molar-refractivity contribution in [3.05, 3.63) is 29.8 Å². The van der Waals surface area contributed by atoms with Crippen LogP contribution in [-0.2, 0) is 11.3 Å². The van der Waals surface area contributed by atoms with Crippen molar-refractivity contribution in [3.63, 3.8) is 0 Å². The van der Waals surface area contributed by atoms with E-state index in [1.54, 1.807) is 7.05 Å². The third kappa shape index (κ3) is 5.36. The molecule has 1 aromatic rings. The van der Waals surface area contributed by atoms with E-state index in [9.17, 15) is 4.79 Å². The van der Waals surface area contributed by atoms with Gasteiger partial charge in [-0.2, -0.15) is 0 Å². The summed E-state index contributed by atoms with van der Waals surface area (Å²) in [6, 6.07) is 7.77. The third-order valence-electron chi connectivity index (χ3n) is 2.33. The summed E-state index contributed by atoms with van der Waals surface area (Å²) in [7, 11) is 1.59. The molecule has 0 fully saturated rings. The van der Waals surface area contributed by atoms with Crippen LogP contribution in [0.4, 0.5) is 0 Å². The Labute approximate surface area is 102 Å². The minimum Gasteiger partial charge on any atom is -0.484 e. The molecule has 1 rings (SSSR count). The summed E-state index contributed by atoms with van der Waals surface area (Å²) in [5.74, 6) is 0.589. The zero-order chi connectivity index (χ0) is 12.5. The summed E-state index contributed by atoms with van der Waals surface area (Å²) in [5.41, 5.74) is 1.21. The molecule has 4 heteroatoms. The highest BCUT2D eigenvalue weighted by Crippen LogP contribution is 2.11. The molecule has 0 saturated heterocycles. The Hall–Kier alpha value is -1.55. The van der Waals surface area contributed by atoms with Gasteiger partial charge in [-0.25, -0.2) is 0 Å². The van der Waals surface area contributed by atoms with Crippen LogP contribution in [0.5, 0.6) is 5.75 Å². The highest BCUT2D eigenvalue weighted by Gasteiger charge is 1.99. The van der Waals surface area contributed by atoms with Gasteiger partial charge in [-0.3, -0.25) is 4.79 Å². The number of rotatable bonds is 7. The number of hydrogen-bond donors (Lipinski definition) is 2. The molecular weight excluding hydrogens is 216 g/mol. The fourth-order valence-corrected chi connectivity index (χ4v) is 1.33. The number of amides is 1. The number of carbonyl (C=O) groups is 1. The largest absolute Gasteiger partial charge is 0.484 e. The molecule has 1 amide bonds. The topological polar surface area (TPSA) is 50.4 Å². The second kappa shape index (κ2) is 7.68. The van der Waals surface area contributed by atoms with E-state index in [0.29, 0.717) is 5.75 Å². The highest BCUT2D eigenvalue weighted by atomic mass is 16.5. The molecule has 0 saturated carbocycles. The summed E-state index contributed by atoms with van der Waals surface area (Å²) < 4.78 is 5.31. The standard InChI is InChI=1S/C13H20N2O2/c1-3-8-15-9-11-4-6-12(7-5-11)17-10-13(16)14-2/h4-7,15H,3,8-10H2,1-2H3,(H,14,16). The van der Waals surface area contributed by atoms with Crippen LogP contribution in [0.2, 0.25) is 0 Å². The molecule has 17 heavy (non-hydrogen) atoms. The number of ether oxygens (including phenoxy) is 1. The predicted molar refractivity (Wildman–Crippen MR) is 68.0 cm³/mol. The lowest BCUT2D eigenvalue weighted by atomic mass is 10.2. The second-order valence-electron chi connectivity index (χ2n) is 3.78. The zero-order valence-electron chi connectivity index (χ0n) is 10.5. The van der Waals surface area contributed by atoms with Gasteiger partial charge in [0.1, 0.15) is 5.75 Å². The molecule has 2 N–H and O–H groups in total. The van der Waals surface area contributed by atoms with Gasteiger partial charge in [-0.15, -0.1) is 0 Å². The Morgan fingerprint density at radius 2 is 2.00 bits per heavy atom. The van der Waals surface area contributed by atoms with E-state index >= 15 is 0 Å². The number of hydrogen-bond acceptors (Lipinski definition) is 3. The van der Waals surface area contributed by atoms with Gasteiger partial charge in [-0.1, -0.05) is 19.1 Å². The third-order valence-corrected chi connectivity index (χ3v) is 2.33. The molecule has 0 bridgehead atoms. The summed E-state index contributed by atoms with van der Waals surface area (Å²) in [5, 5.41) is 5.83.